The first-order chi connectivity index (χ1) is 7.70. The molecule has 2 heterocycles. The van der Waals surface area contributed by atoms with Crippen molar-refractivity contribution in [2.24, 2.45) is 0 Å². The highest BCUT2D eigenvalue weighted by atomic mass is 79.9. The third kappa shape index (κ3) is 2.64. The summed E-state index contributed by atoms with van der Waals surface area (Å²) in [7, 11) is 0. The quantitative estimate of drug-likeness (QED) is 0.785. The Morgan fingerprint density at radius 2 is 2.25 bits per heavy atom. The summed E-state index contributed by atoms with van der Waals surface area (Å²) in [5.74, 6) is 0.714. The second kappa shape index (κ2) is 5.29. The number of rotatable bonds is 2. The number of alkyl halides is 1. The predicted octanol–water partition coefficient (Wildman–Crippen LogP) is 2.12. The molecule has 4 nitrogen and oxygen atoms in total. The van der Waals surface area contributed by atoms with E-state index in [0.717, 1.165) is 11.9 Å². The van der Waals surface area contributed by atoms with Gasteiger partial charge in [-0.3, -0.25) is 0 Å². The third-order valence-corrected chi connectivity index (χ3v) is 3.46. The second-order valence-electron chi connectivity index (χ2n) is 3.81. The van der Waals surface area contributed by atoms with Crippen molar-refractivity contribution in [2.75, 3.05) is 23.4 Å². The van der Waals surface area contributed by atoms with Crippen molar-refractivity contribution in [3.8, 4) is 0 Å². The lowest BCUT2D eigenvalue weighted by Gasteiger charge is -2.37. The van der Waals surface area contributed by atoms with E-state index in [1.807, 2.05) is 0 Å². The normalized spacial score (nSPS) is 25.8. The summed E-state index contributed by atoms with van der Waals surface area (Å²) < 4.78 is 5.64. The average molecular weight is 307 g/mol. The van der Waals surface area contributed by atoms with Crippen LogP contribution in [0.1, 0.15) is 6.92 Å². The molecule has 1 saturated heterocycles. The van der Waals surface area contributed by atoms with Crippen LogP contribution in [0.25, 0.3) is 0 Å². The smallest absolute Gasteiger partial charge is 0.225 e. The van der Waals surface area contributed by atoms with E-state index in [4.69, 9.17) is 16.3 Å². The zero-order chi connectivity index (χ0) is 11.5. The van der Waals surface area contributed by atoms with Gasteiger partial charge in [0, 0.05) is 11.9 Å². The van der Waals surface area contributed by atoms with Gasteiger partial charge in [0.05, 0.1) is 36.2 Å². The first-order valence-corrected chi connectivity index (χ1v) is 6.62. The summed E-state index contributed by atoms with van der Waals surface area (Å²) in [6.45, 7) is 3.60. The van der Waals surface area contributed by atoms with E-state index in [2.05, 4.69) is 37.7 Å². The minimum Gasteiger partial charge on any atom is -0.373 e. The zero-order valence-electron chi connectivity index (χ0n) is 8.94. The van der Waals surface area contributed by atoms with Crippen molar-refractivity contribution >= 4 is 33.5 Å². The van der Waals surface area contributed by atoms with Crippen LogP contribution in [0.4, 0.5) is 5.95 Å². The van der Waals surface area contributed by atoms with Gasteiger partial charge in [-0.1, -0.05) is 27.5 Å². The van der Waals surface area contributed by atoms with Crippen molar-refractivity contribution in [1.82, 2.24) is 9.97 Å². The molecule has 1 aromatic rings. The molecule has 2 rings (SSSR count). The van der Waals surface area contributed by atoms with Crippen molar-refractivity contribution in [3.63, 3.8) is 0 Å². The lowest BCUT2D eigenvalue weighted by Crippen LogP contribution is -2.49. The Kier molecular flexibility index (Phi) is 4.00. The van der Waals surface area contributed by atoms with Gasteiger partial charge in [0.15, 0.2) is 0 Å². The van der Waals surface area contributed by atoms with Crippen molar-refractivity contribution in [3.05, 3.63) is 17.4 Å². The SMILES string of the molecule is CC1COC(CBr)CN1c1ncc(Cl)cn1. The molecule has 0 bridgehead atoms. The average Bonchev–Trinajstić information content (AvgIpc) is 2.31. The minimum absolute atomic E-state index is 0.190. The molecule has 0 amide bonds. The number of aromatic nitrogens is 2. The molecule has 2 atom stereocenters. The molecule has 1 fully saturated rings. The van der Waals surface area contributed by atoms with Crippen molar-refractivity contribution < 1.29 is 4.74 Å². The van der Waals surface area contributed by atoms with Gasteiger partial charge in [0.25, 0.3) is 0 Å². The van der Waals surface area contributed by atoms with E-state index in [9.17, 15) is 0 Å². The van der Waals surface area contributed by atoms with Crippen LogP contribution < -0.4 is 4.90 Å². The molecule has 0 N–H and O–H groups in total. The maximum atomic E-state index is 5.77. The number of morpholine rings is 1. The van der Waals surface area contributed by atoms with E-state index in [-0.39, 0.29) is 12.1 Å². The van der Waals surface area contributed by atoms with Gasteiger partial charge in [0.1, 0.15) is 0 Å². The maximum Gasteiger partial charge on any atom is 0.225 e. The Morgan fingerprint density at radius 3 is 2.88 bits per heavy atom. The lowest BCUT2D eigenvalue weighted by atomic mass is 10.2. The molecule has 16 heavy (non-hydrogen) atoms. The molecule has 0 aromatic carbocycles. The lowest BCUT2D eigenvalue weighted by molar-refractivity contribution is 0.0373. The van der Waals surface area contributed by atoms with Gasteiger partial charge < -0.3 is 9.64 Å². The Labute approximate surface area is 108 Å². The Balaban J connectivity index is 2.14. The van der Waals surface area contributed by atoms with Gasteiger partial charge in [-0.2, -0.15) is 0 Å². The van der Waals surface area contributed by atoms with Gasteiger partial charge in [-0.15, -0.1) is 0 Å². The van der Waals surface area contributed by atoms with E-state index in [0.29, 0.717) is 17.6 Å². The molecule has 1 aromatic heterocycles. The second-order valence-corrected chi connectivity index (χ2v) is 4.90. The van der Waals surface area contributed by atoms with E-state index < -0.39 is 0 Å². The summed E-state index contributed by atoms with van der Waals surface area (Å²) in [6.07, 6.45) is 3.43. The first-order valence-electron chi connectivity index (χ1n) is 5.12. The summed E-state index contributed by atoms with van der Waals surface area (Å²) in [5.41, 5.74) is 0. The van der Waals surface area contributed by atoms with Crippen LogP contribution in [0.2, 0.25) is 5.02 Å². The topological polar surface area (TPSA) is 38.2 Å². The van der Waals surface area contributed by atoms with Gasteiger partial charge >= 0.3 is 0 Å². The number of halogens is 2. The van der Waals surface area contributed by atoms with Crippen molar-refractivity contribution in [2.45, 2.75) is 19.1 Å². The minimum atomic E-state index is 0.190. The summed E-state index contributed by atoms with van der Waals surface area (Å²) in [5, 5.41) is 1.38. The third-order valence-electron chi connectivity index (χ3n) is 2.54. The molecular formula is C10H13BrClN3O. The monoisotopic (exact) mass is 305 g/mol. The van der Waals surface area contributed by atoms with Crippen LogP contribution in [-0.4, -0.2) is 40.6 Å². The van der Waals surface area contributed by atoms with Crippen LogP contribution in [0.5, 0.6) is 0 Å². The molecule has 0 aliphatic carbocycles. The molecule has 0 spiro atoms. The van der Waals surface area contributed by atoms with Crippen LogP contribution in [0, 0.1) is 0 Å². The highest BCUT2D eigenvalue weighted by Crippen LogP contribution is 2.19. The standard InChI is InChI=1S/C10H13BrClN3O/c1-7-6-16-9(2-11)5-15(7)10-13-3-8(12)4-14-10/h3-4,7,9H,2,5-6H2,1H3. The summed E-state index contributed by atoms with van der Waals surface area (Å²) in [6, 6.07) is 0.288. The Hall–Kier alpha value is -0.390. The number of anilines is 1. The highest BCUT2D eigenvalue weighted by molar-refractivity contribution is 9.09. The number of ether oxygens (including phenoxy) is 1. The predicted molar refractivity (Wildman–Crippen MR) is 67.4 cm³/mol. The fraction of sp³-hybridized carbons (Fsp3) is 0.600. The molecule has 6 heteroatoms. The number of hydrogen-bond acceptors (Lipinski definition) is 4. The fourth-order valence-electron chi connectivity index (χ4n) is 1.64. The van der Waals surface area contributed by atoms with Crippen LogP contribution in [-0.2, 0) is 4.74 Å². The first kappa shape index (κ1) is 12.1. The number of hydrogen-bond donors (Lipinski definition) is 0. The van der Waals surface area contributed by atoms with Gasteiger partial charge in [0.2, 0.25) is 5.95 Å². The van der Waals surface area contributed by atoms with E-state index in [1.165, 1.54) is 0 Å². The summed E-state index contributed by atoms with van der Waals surface area (Å²) >= 11 is 9.20. The largest absolute Gasteiger partial charge is 0.373 e. The highest BCUT2D eigenvalue weighted by Gasteiger charge is 2.27. The molecule has 0 radical (unpaired) electrons. The van der Waals surface area contributed by atoms with E-state index in [1.54, 1.807) is 12.4 Å². The molecule has 1 aliphatic rings. The van der Waals surface area contributed by atoms with Gasteiger partial charge in [-0.05, 0) is 6.92 Å². The molecule has 1 aliphatic heterocycles. The Morgan fingerprint density at radius 1 is 1.56 bits per heavy atom. The molecule has 0 saturated carbocycles. The fourth-order valence-corrected chi connectivity index (χ4v) is 2.13. The maximum absolute atomic E-state index is 5.77. The molecular weight excluding hydrogens is 293 g/mol. The zero-order valence-corrected chi connectivity index (χ0v) is 11.3. The van der Waals surface area contributed by atoms with Gasteiger partial charge in [-0.25, -0.2) is 9.97 Å². The van der Waals surface area contributed by atoms with Crippen molar-refractivity contribution in [1.29, 1.82) is 0 Å². The van der Waals surface area contributed by atoms with E-state index >= 15 is 0 Å². The summed E-state index contributed by atoms with van der Waals surface area (Å²) in [4.78, 5) is 10.6. The molecule has 88 valence electrons. The van der Waals surface area contributed by atoms with Crippen LogP contribution in [0.15, 0.2) is 12.4 Å². The molecule has 2 unspecified atom stereocenters. The number of nitrogens with zero attached hydrogens (tertiary/aromatic N) is 3. The van der Waals surface area contributed by atoms with Crippen LogP contribution >= 0.6 is 27.5 Å². The Bertz CT molecular complexity index is 348. The van der Waals surface area contributed by atoms with Crippen LogP contribution in [0.3, 0.4) is 0 Å².